The average molecular weight is 234 g/mol. The van der Waals surface area contributed by atoms with Crippen molar-refractivity contribution < 1.29 is 0 Å². The average Bonchev–Trinajstić information content (AvgIpc) is 1.95. The fourth-order valence-electron chi connectivity index (χ4n) is 0.994. The first-order valence-electron chi connectivity index (χ1n) is 3.68. The van der Waals surface area contributed by atoms with E-state index in [1.807, 2.05) is 12.1 Å². The van der Waals surface area contributed by atoms with E-state index < -0.39 is 0 Å². The summed E-state index contributed by atoms with van der Waals surface area (Å²) in [6.07, 6.45) is 2.20. The zero-order chi connectivity index (χ0) is 8.27. The quantitative estimate of drug-likeness (QED) is 0.723. The first-order chi connectivity index (χ1) is 5.24. The predicted octanol–water partition coefficient (Wildman–Crippen LogP) is 4.06. The lowest BCUT2D eigenvalue weighted by Crippen LogP contribution is -1.83. The third kappa shape index (κ3) is 2.49. The minimum absolute atomic E-state index is 0.862. The first-order valence-corrected chi connectivity index (χ1v) is 4.85. The lowest BCUT2D eigenvalue weighted by molar-refractivity contribution is 0.922. The maximum Gasteiger partial charge on any atom is 0.0449 e. The molecular weight excluding hydrogens is 223 g/mol. The zero-order valence-electron chi connectivity index (χ0n) is 6.40. The van der Waals surface area contributed by atoms with Crippen LogP contribution in [0.1, 0.15) is 18.9 Å². The Bertz CT molecular complexity index is 245. The molecule has 60 valence electrons. The number of halogens is 2. The Morgan fingerprint density at radius 3 is 2.73 bits per heavy atom. The van der Waals surface area contributed by atoms with Crippen molar-refractivity contribution in [1.29, 1.82) is 0 Å². The van der Waals surface area contributed by atoms with Crippen LogP contribution in [0.2, 0.25) is 5.02 Å². The van der Waals surface area contributed by atoms with Gasteiger partial charge in [0, 0.05) is 9.50 Å². The topological polar surface area (TPSA) is 0 Å². The van der Waals surface area contributed by atoms with Gasteiger partial charge in [-0.05, 0) is 24.1 Å². The van der Waals surface area contributed by atoms with Crippen LogP contribution >= 0.6 is 27.5 Å². The van der Waals surface area contributed by atoms with Crippen LogP contribution < -0.4 is 0 Å². The monoisotopic (exact) mass is 232 g/mol. The van der Waals surface area contributed by atoms with Gasteiger partial charge in [0.1, 0.15) is 0 Å². The van der Waals surface area contributed by atoms with Crippen LogP contribution in [0.25, 0.3) is 0 Å². The summed E-state index contributed by atoms with van der Waals surface area (Å²) in [7, 11) is 0. The number of benzene rings is 1. The van der Waals surface area contributed by atoms with Crippen molar-refractivity contribution in [3.63, 3.8) is 0 Å². The van der Waals surface area contributed by atoms with Gasteiger partial charge in [0.2, 0.25) is 0 Å². The van der Waals surface area contributed by atoms with E-state index in [4.69, 9.17) is 11.6 Å². The first kappa shape index (κ1) is 9.08. The molecule has 0 N–H and O–H groups in total. The number of hydrogen-bond acceptors (Lipinski definition) is 0. The summed E-state index contributed by atoms with van der Waals surface area (Å²) in [6, 6.07) is 6.03. The van der Waals surface area contributed by atoms with Gasteiger partial charge < -0.3 is 0 Å². The summed E-state index contributed by atoms with van der Waals surface area (Å²) in [5.74, 6) is 0. The van der Waals surface area contributed by atoms with E-state index in [0.717, 1.165) is 22.3 Å². The van der Waals surface area contributed by atoms with Crippen molar-refractivity contribution in [2.75, 3.05) is 0 Å². The van der Waals surface area contributed by atoms with Crippen LogP contribution in [0.4, 0.5) is 0 Å². The highest BCUT2D eigenvalue weighted by atomic mass is 79.9. The Hall–Kier alpha value is -0.0100. The van der Waals surface area contributed by atoms with Gasteiger partial charge in [-0.3, -0.25) is 0 Å². The summed E-state index contributed by atoms with van der Waals surface area (Å²) in [4.78, 5) is 0. The molecular formula is C9H10BrCl. The van der Waals surface area contributed by atoms with Crippen LogP contribution in [-0.4, -0.2) is 0 Å². The van der Waals surface area contributed by atoms with E-state index in [2.05, 4.69) is 28.9 Å². The third-order valence-corrected chi connectivity index (χ3v) is 2.38. The van der Waals surface area contributed by atoms with E-state index in [9.17, 15) is 0 Å². The van der Waals surface area contributed by atoms with Crippen LogP contribution in [0, 0.1) is 0 Å². The number of rotatable bonds is 2. The number of hydrogen-bond donors (Lipinski definition) is 0. The van der Waals surface area contributed by atoms with Crippen LogP contribution in [0.3, 0.4) is 0 Å². The largest absolute Gasteiger partial charge is 0.0840 e. The zero-order valence-corrected chi connectivity index (χ0v) is 8.74. The van der Waals surface area contributed by atoms with Crippen molar-refractivity contribution in [3.8, 4) is 0 Å². The molecule has 11 heavy (non-hydrogen) atoms. The molecule has 1 aromatic rings. The molecule has 0 aromatic heterocycles. The van der Waals surface area contributed by atoms with E-state index in [-0.39, 0.29) is 0 Å². The van der Waals surface area contributed by atoms with Crippen molar-refractivity contribution in [3.05, 3.63) is 33.3 Å². The maximum absolute atomic E-state index is 5.98. The Labute approximate surface area is 80.7 Å². The van der Waals surface area contributed by atoms with E-state index in [1.165, 1.54) is 5.56 Å². The summed E-state index contributed by atoms with van der Waals surface area (Å²) >= 11 is 9.34. The lowest BCUT2D eigenvalue weighted by atomic mass is 10.1. The Morgan fingerprint density at radius 2 is 2.18 bits per heavy atom. The second kappa shape index (κ2) is 4.13. The summed E-state index contributed by atoms with van der Waals surface area (Å²) in [5.41, 5.74) is 1.23. The van der Waals surface area contributed by atoms with Gasteiger partial charge in [0.15, 0.2) is 0 Å². The Balaban J connectivity index is 2.90. The molecule has 0 unspecified atom stereocenters. The van der Waals surface area contributed by atoms with Crippen molar-refractivity contribution >= 4 is 27.5 Å². The van der Waals surface area contributed by atoms with Gasteiger partial charge in [-0.2, -0.15) is 0 Å². The fraction of sp³-hybridized carbons (Fsp3) is 0.333. The molecule has 0 aliphatic carbocycles. The van der Waals surface area contributed by atoms with E-state index in [1.54, 1.807) is 0 Å². The van der Waals surface area contributed by atoms with Crippen LogP contribution in [-0.2, 0) is 6.42 Å². The van der Waals surface area contributed by atoms with E-state index >= 15 is 0 Å². The normalized spacial score (nSPS) is 10.1. The van der Waals surface area contributed by atoms with Gasteiger partial charge >= 0.3 is 0 Å². The predicted molar refractivity (Wildman–Crippen MR) is 53.1 cm³/mol. The molecule has 0 bridgehead atoms. The van der Waals surface area contributed by atoms with Gasteiger partial charge in [0.05, 0.1) is 0 Å². The summed E-state index contributed by atoms with van der Waals surface area (Å²) in [5, 5.41) is 0.862. The second-order valence-corrected chi connectivity index (χ2v) is 3.81. The summed E-state index contributed by atoms with van der Waals surface area (Å²) in [6.45, 7) is 2.15. The molecule has 0 fully saturated rings. The van der Waals surface area contributed by atoms with Gasteiger partial charge in [-0.15, -0.1) is 0 Å². The Morgan fingerprint density at radius 1 is 1.45 bits per heavy atom. The molecule has 0 aliphatic rings. The molecule has 0 heterocycles. The van der Waals surface area contributed by atoms with Crippen molar-refractivity contribution in [2.45, 2.75) is 19.8 Å². The molecule has 0 amide bonds. The second-order valence-electron chi connectivity index (χ2n) is 2.49. The SMILES string of the molecule is CCCc1ccc(Br)cc1Cl. The van der Waals surface area contributed by atoms with E-state index in [0.29, 0.717) is 0 Å². The smallest absolute Gasteiger partial charge is 0.0449 e. The number of aryl methyl sites for hydroxylation is 1. The minimum atomic E-state index is 0.862. The molecule has 0 spiro atoms. The molecule has 0 aliphatic heterocycles. The Kier molecular flexibility index (Phi) is 3.41. The highest BCUT2D eigenvalue weighted by molar-refractivity contribution is 9.10. The van der Waals surface area contributed by atoms with Gasteiger partial charge in [-0.25, -0.2) is 0 Å². The summed E-state index contributed by atoms with van der Waals surface area (Å²) < 4.78 is 1.04. The highest BCUT2D eigenvalue weighted by Gasteiger charge is 1.98. The molecule has 0 nitrogen and oxygen atoms in total. The fourth-order valence-corrected chi connectivity index (χ4v) is 1.76. The molecule has 2 heteroatoms. The molecule has 1 aromatic carbocycles. The van der Waals surface area contributed by atoms with Gasteiger partial charge in [-0.1, -0.05) is 46.9 Å². The van der Waals surface area contributed by atoms with Crippen molar-refractivity contribution in [2.24, 2.45) is 0 Å². The molecule has 0 saturated heterocycles. The van der Waals surface area contributed by atoms with Crippen molar-refractivity contribution in [1.82, 2.24) is 0 Å². The minimum Gasteiger partial charge on any atom is -0.0840 e. The van der Waals surface area contributed by atoms with Crippen LogP contribution in [0.15, 0.2) is 22.7 Å². The molecule has 0 radical (unpaired) electrons. The molecule has 0 atom stereocenters. The molecule has 1 rings (SSSR count). The van der Waals surface area contributed by atoms with Gasteiger partial charge in [0.25, 0.3) is 0 Å². The van der Waals surface area contributed by atoms with Crippen LogP contribution in [0.5, 0.6) is 0 Å². The third-order valence-electron chi connectivity index (χ3n) is 1.53. The maximum atomic E-state index is 5.98. The highest BCUT2D eigenvalue weighted by Crippen LogP contribution is 2.22. The lowest BCUT2D eigenvalue weighted by Gasteiger charge is -2.01. The standard InChI is InChI=1S/C9H10BrCl/c1-2-3-7-4-5-8(10)6-9(7)11/h4-6H,2-3H2,1H3. The molecule has 0 saturated carbocycles.